The van der Waals surface area contributed by atoms with Crippen LogP contribution in [0.25, 0.3) is 0 Å². The Bertz CT molecular complexity index is 576. The molecule has 0 spiro atoms. The van der Waals surface area contributed by atoms with Crippen LogP contribution in [0.1, 0.15) is 52.0 Å². The molecule has 0 aromatic heterocycles. The van der Waals surface area contributed by atoms with Crippen molar-refractivity contribution in [3.8, 4) is 5.75 Å². The number of benzene rings is 1. The van der Waals surface area contributed by atoms with Crippen molar-refractivity contribution in [2.75, 3.05) is 6.61 Å². The first-order valence-corrected chi connectivity index (χ1v) is 8.22. The second-order valence-electron chi connectivity index (χ2n) is 6.86. The van der Waals surface area contributed by atoms with Gasteiger partial charge in [-0.25, -0.2) is 9.59 Å². The quantitative estimate of drug-likeness (QED) is 0.650. The Labute approximate surface area is 142 Å². The zero-order valence-corrected chi connectivity index (χ0v) is 14.6. The summed E-state index contributed by atoms with van der Waals surface area (Å²) in [5, 5.41) is 2.86. The van der Waals surface area contributed by atoms with Gasteiger partial charge in [0, 0.05) is 12.0 Å². The van der Waals surface area contributed by atoms with E-state index in [1.54, 1.807) is 12.1 Å². The Balaban J connectivity index is 1.80. The highest BCUT2D eigenvalue weighted by Crippen LogP contribution is 2.41. The summed E-state index contributed by atoms with van der Waals surface area (Å²) in [6, 6.07) is 7.32. The third kappa shape index (κ3) is 5.76. The van der Waals surface area contributed by atoms with Gasteiger partial charge in [-0.05, 0) is 51.3 Å². The largest absolute Gasteiger partial charge is 0.513 e. The number of carbonyl (C=O) groups excluding carboxylic acids is 2. The molecule has 0 heterocycles. The van der Waals surface area contributed by atoms with E-state index in [9.17, 15) is 9.59 Å². The van der Waals surface area contributed by atoms with Crippen LogP contribution in [0.3, 0.4) is 0 Å². The molecule has 0 aliphatic heterocycles. The molecular formula is C18H25NO5. The molecule has 132 valence electrons. The third-order valence-electron chi connectivity index (χ3n) is 3.43. The molecule has 1 aromatic carbocycles. The van der Waals surface area contributed by atoms with Gasteiger partial charge in [-0.1, -0.05) is 19.1 Å². The third-order valence-corrected chi connectivity index (χ3v) is 3.43. The number of rotatable bonds is 5. The van der Waals surface area contributed by atoms with Gasteiger partial charge in [0.2, 0.25) is 0 Å². The second-order valence-corrected chi connectivity index (χ2v) is 6.86. The first kappa shape index (κ1) is 18.1. The summed E-state index contributed by atoms with van der Waals surface area (Å²) < 4.78 is 15.2. The molecule has 2 rings (SSSR count). The molecule has 1 fully saturated rings. The summed E-state index contributed by atoms with van der Waals surface area (Å²) in [5.74, 6) is 0.704. The smallest absolute Gasteiger partial charge is 0.444 e. The maximum absolute atomic E-state index is 11.7. The Morgan fingerprint density at radius 2 is 1.88 bits per heavy atom. The average molecular weight is 335 g/mol. The van der Waals surface area contributed by atoms with Crippen LogP contribution in [-0.4, -0.2) is 30.5 Å². The van der Waals surface area contributed by atoms with Crippen LogP contribution in [-0.2, 0) is 9.47 Å². The minimum atomic E-state index is -0.694. The summed E-state index contributed by atoms with van der Waals surface area (Å²) in [6.07, 6.45) is 0.536. The van der Waals surface area contributed by atoms with Gasteiger partial charge in [0.15, 0.2) is 0 Å². The predicted octanol–water partition coefficient (Wildman–Crippen LogP) is 3.99. The van der Waals surface area contributed by atoms with Crippen LogP contribution in [0.5, 0.6) is 5.75 Å². The maximum atomic E-state index is 11.7. The predicted molar refractivity (Wildman–Crippen MR) is 89.2 cm³/mol. The van der Waals surface area contributed by atoms with E-state index in [0.717, 1.165) is 18.4 Å². The summed E-state index contributed by atoms with van der Waals surface area (Å²) in [4.78, 5) is 23.1. The number of ether oxygens (including phenoxy) is 3. The standard InChI is InChI=1S/C18H25NO5/c1-5-10-22-17(21)23-13-8-6-12(7-9-13)14-11-15(14)19-16(20)24-18(2,3)4/h6-9,14-15H,5,10-11H2,1-4H3,(H,19,20)/t14-,15+/m0/s1. The van der Waals surface area contributed by atoms with Crippen LogP contribution in [0.15, 0.2) is 24.3 Å². The van der Waals surface area contributed by atoms with Crippen LogP contribution >= 0.6 is 0 Å². The zero-order chi connectivity index (χ0) is 17.7. The molecule has 1 saturated carbocycles. The topological polar surface area (TPSA) is 73.9 Å². The minimum Gasteiger partial charge on any atom is -0.444 e. The number of alkyl carbamates (subject to hydrolysis) is 1. The molecule has 0 radical (unpaired) electrons. The molecule has 6 heteroatoms. The fourth-order valence-electron chi connectivity index (χ4n) is 2.28. The molecule has 1 amide bonds. The van der Waals surface area contributed by atoms with Gasteiger partial charge in [-0.3, -0.25) is 0 Å². The monoisotopic (exact) mass is 335 g/mol. The first-order chi connectivity index (χ1) is 11.3. The SMILES string of the molecule is CCCOC(=O)Oc1ccc([C@@H]2C[C@H]2NC(=O)OC(C)(C)C)cc1. The first-order valence-electron chi connectivity index (χ1n) is 8.22. The number of hydrogen-bond acceptors (Lipinski definition) is 5. The van der Waals surface area contributed by atoms with Gasteiger partial charge in [0.05, 0.1) is 6.61 Å². The van der Waals surface area contributed by atoms with E-state index in [1.165, 1.54) is 0 Å². The highest BCUT2D eigenvalue weighted by atomic mass is 16.7. The molecular weight excluding hydrogens is 310 g/mol. The van der Waals surface area contributed by atoms with Crippen molar-refractivity contribution in [1.29, 1.82) is 0 Å². The lowest BCUT2D eigenvalue weighted by atomic mass is 10.1. The van der Waals surface area contributed by atoms with E-state index in [0.29, 0.717) is 12.4 Å². The second kappa shape index (κ2) is 7.55. The van der Waals surface area contributed by atoms with Gasteiger partial charge in [0.1, 0.15) is 11.4 Å². The summed E-state index contributed by atoms with van der Waals surface area (Å²) in [6.45, 7) is 7.76. The lowest BCUT2D eigenvalue weighted by Crippen LogP contribution is -2.34. The maximum Gasteiger partial charge on any atom is 0.513 e. The van der Waals surface area contributed by atoms with Gasteiger partial charge in [0.25, 0.3) is 0 Å². The molecule has 1 aliphatic rings. The average Bonchev–Trinajstić information content (AvgIpc) is 3.23. The van der Waals surface area contributed by atoms with Crippen LogP contribution < -0.4 is 10.1 Å². The molecule has 6 nitrogen and oxygen atoms in total. The van der Waals surface area contributed by atoms with E-state index in [2.05, 4.69) is 5.32 Å². The fourth-order valence-corrected chi connectivity index (χ4v) is 2.28. The molecule has 1 N–H and O–H groups in total. The van der Waals surface area contributed by atoms with E-state index in [4.69, 9.17) is 14.2 Å². The summed E-state index contributed by atoms with van der Waals surface area (Å²) in [5.41, 5.74) is 0.588. The number of nitrogens with one attached hydrogen (secondary N) is 1. The Hall–Kier alpha value is -2.24. The minimum absolute atomic E-state index is 0.0844. The van der Waals surface area contributed by atoms with Crippen molar-refractivity contribution in [3.05, 3.63) is 29.8 Å². The molecule has 0 bridgehead atoms. The van der Waals surface area contributed by atoms with Gasteiger partial charge >= 0.3 is 12.2 Å². The van der Waals surface area contributed by atoms with Crippen molar-refractivity contribution in [2.24, 2.45) is 0 Å². The molecule has 1 aliphatic carbocycles. The van der Waals surface area contributed by atoms with E-state index >= 15 is 0 Å². The molecule has 1 aromatic rings. The highest BCUT2D eigenvalue weighted by molar-refractivity contribution is 5.69. The van der Waals surface area contributed by atoms with Gasteiger partial charge < -0.3 is 19.5 Å². The molecule has 0 unspecified atom stereocenters. The van der Waals surface area contributed by atoms with Crippen LogP contribution in [0, 0.1) is 0 Å². The highest BCUT2D eigenvalue weighted by Gasteiger charge is 2.40. The van der Waals surface area contributed by atoms with Crippen molar-refractivity contribution >= 4 is 12.2 Å². The van der Waals surface area contributed by atoms with Crippen LogP contribution in [0.4, 0.5) is 9.59 Å². The van der Waals surface area contributed by atoms with Crippen LogP contribution in [0.2, 0.25) is 0 Å². The normalized spacial score (nSPS) is 19.3. The lowest BCUT2D eigenvalue weighted by molar-refractivity contribution is 0.0522. The summed E-state index contributed by atoms with van der Waals surface area (Å²) >= 11 is 0. The van der Waals surface area contributed by atoms with E-state index < -0.39 is 17.8 Å². The van der Waals surface area contributed by atoms with Crippen molar-refractivity contribution in [2.45, 2.75) is 58.1 Å². The zero-order valence-electron chi connectivity index (χ0n) is 14.6. The van der Waals surface area contributed by atoms with Gasteiger partial charge in [-0.15, -0.1) is 0 Å². The molecule has 24 heavy (non-hydrogen) atoms. The van der Waals surface area contributed by atoms with Gasteiger partial charge in [-0.2, -0.15) is 0 Å². The Morgan fingerprint density at radius 3 is 2.46 bits per heavy atom. The number of amides is 1. The van der Waals surface area contributed by atoms with Crippen molar-refractivity contribution < 1.29 is 23.8 Å². The van der Waals surface area contributed by atoms with Crippen molar-refractivity contribution in [1.82, 2.24) is 5.32 Å². The summed E-state index contributed by atoms with van der Waals surface area (Å²) in [7, 11) is 0. The Kier molecular flexibility index (Phi) is 5.70. The molecule has 2 atom stereocenters. The fraction of sp³-hybridized carbons (Fsp3) is 0.556. The lowest BCUT2D eigenvalue weighted by Gasteiger charge is -2.19. The van der Waals surface area contributed by atoms with E-state index in [1.807, 2.05) is 39.8 Å². The Morgan fingerprint density at radius 1 is 1.21 bits per heavy atom. The molecule has 0 saturated heterocycles. The van der Waals surface area contributed by atoms with Crippen molar-refractivity contribution in [3.63, 3.8) is 0 Å². The van der Waals surface area contributed by atoms with E-state index in [-0.39, 0.29) is 12.0 Å². The number of hydrogen-bond donors (Lipinski definition) is 1. The number of carbonyl (C=O) groups is 2.